The molecule has 0 saturated heterocycles. The van der Waals surface area contributed by atoms with Gasteiger partial charge in [-0.1, -0.05) is 0 Å². The number of benzene rings is 1. The van der Waals surface area contributed by atoms with Crippen molar-refractivity contribution in [1.82, 2.24) is 20.0 Å². The third-order valence-corrected chi connectivity index (χ3v) is 3.05. The number of aromatic amines is 2. The second-order valence-corrected chi connectivity index (χ2v) is 4.36. The van der Waals surface area contributed by atoms with E-state index in [2.05, 4.69) is 15.3 Å². The summed E-state index contributed by atoms with van der Waals surface area (Å²) in [5.41, 5.74) is -1.29. The molecule has 22 heavy (non-hydrogen) atoms. The lowest BCUT2D eigenvalue weighted by Gasteiger charge is -2.11. The molecule has 110 valence electrons. The van der Waals surface area contributed by atoms with Crippen LogP contribution in [0.4, 0.5) is 4.39 Å². The first-order valence-corrected chi connectivity index (χ1v) is 6.04. The molecule has 3 rings (SSSR count). The maximum absolute atomic E-state index is 14.3. The van der Waals surface area contributed by atoms with Crippen molar-refractivity contribution in [3.05, 3.63) is 50.3 Å². The Labute approximate surface area is 121 Å². The van der Waals surface area contributed by atoms with E-state index in [1.54, 1.807) is 6.07 Å². The highest BCUT2D eigenvalue weighted by atomic mass is 19.1. The van der Waals surface area contributed by atoms with Crippen LogP contribution >= 0.6 is 0 Å². The van der Waals surface area contributed by atoms with Crippen molar-refractivity contribution in [2.24, 2.45) is 0 Å². The molecule has 8 nitrogen and oxygen atoms in total. The monoisotopic (exact) mass is 301 g/mol. The number of H-pyrrole nitrogens is 2. The van der Waals surface area contributed by atoms with Crippen molar-refractivity contribution in [3.63, 3.8) is 0 Å². The Kier molecular flexibility index (Phi) is 2.99. The van der Waals surface area contributed by atoms with Crippen molar-refractivity contribution in [3.8, 4) is 17.5 Å². The molecule has 0 fully saturated rings. The molecule has 0 aliphatic rings. The van der Waals surface area contributed by atoms with E-state index >= 15 is 0 Å². The largest absolute Gasteiger partial charge is 0.494 e. The van der Waals surface area contributed by atoms with Crippen LogP contribution in [0.1, 0.15) is 5.56 Å². The van der Waals surface area contributed by atoms with Gasteiger partial charge in [-0.15, -0.1) is 0 Å². The molecule has 0 atom stereocenters. The minimum Gasteiger partial charge on any atom is -0.494 e. The summed E-state index contributed by atoms with van der Waals surface area (Å²) in [6.45, 7) is 0. The molecule has 0 radical (unpaired) electrons. The van der Waals surface area contributed by atoms with E-state index in [0.717, 1.165) is 16.8 Å². The minimum absolute atomic E-state index is 0.0340. The van der Waals surface area contributed by atoms with Gasteiger partial charge in [-0.05, 0) is 6.07 Å². The van der Waals surface area contributed by atoms with Gasteiger partial charge < -0.3 is 4.74 Å². The lowest BCUT2D eigenvalue weighted by Crippen LogP contribution is -2.23. The molecule has 2 heterocycles. The Balaban J connectivity index is 2.39. The van der Waals surface area contributed by atoms with Gasteiger partial charge in [0.2, 0.25) is 0 Å². The number of aromatic nitrogens is 4. The molecule has 3 aromatic rings. The summed E-state index contributed by atoms with van der Waals surface area (Å²) in [6.07, 6.45) is 0. The molecular formula is C13H8FN5O3. The zero-order valence-corrected chi connectivity index (χ0v) is 11.2. The van der Waals surface area contributed by atoms with Crippen molar-refractivity contribution in [2.75, 3.05) is 7.11 Å². The van der Waals surface area contributed by atoms with Crippen molar-refractivity contribution in [2.45, 2.75) is 0 Å². The van der Waals surface area contributed by atoms with Crippen LogP contribution in [0.5, 0.6) is 5.75 Å². The number of methoxy groups -OCH3 is 1. The molecule has 0 aliphatic carbocycles. The van der Waals surface area contributed by atoms with Gasteiger partial charge in [-0.3, -0.25) is 19.8 Å². The molecule has 2 N–H and O–H groups in total. The summed E-state index contributed by atoms with van der Waals surface area (Å²) < 4.78 is 20.0. The second-order valence-electron chi connectivity index (χ2n) is 4.36. The molecule has 2 aromatic heterocycles. The first-order chi connectivity index (χ1) is 10.5. The Hall–Kier alpha value is -3.41. The standard InChI is InChI=1S/C13H8FN5O3/c1-22-9-3-6(5-15)2-7(14)12(9)19-10(20)4-8-11(18-19)13(21)17-16-8/h2-4,16H,1H3,(H,17,21). The molecule has 0 aliphatic heterocycles. The molecule has 0 saturated carbocycles. The van der Waals surface area contributed by atoms with Gasteiger partial charge in [0.25, 0.3) is 11.1 Å². The number of fused-ring (bicyclic) bond motifs is 1. The molecule has 9 heteroatoms. The number of nitriles is 1. The van der Waals surface area contributed by atoms with Gasteiger partial charge in [0.15, 0.2) is 11.3 Å². The molecule has 0 spiro atoms. The van der Waals surface area contributed by atoms with Crippen molar-refractivity contribution in [1.29, 1.82) is 5.26 Å². The predicted molar refractivity (Wildman–Crippen MR) is 73.5 cm³/mol. The number of hydrogen-bond donors (Lipinski definition) is 2. The van der Waals surface area contributed by atoms with Gasteiger partial charge >= 0.3 is 0 Å². The average Bonchev–Trinajstić information content (AvgIpc) is 2.86. The number of nitrogens with zero attached hydrogens (tertiary/aromatic N) is 3. The average molecular weight is 301 g/mol. The van der Waals surface area contributed by atoms with Crippen molar-refractivity contribution < 1.29 is 9.13 Å². The summed E-state index contributed by atoms with van der Waals surface area (Å²) in [4.78, 5) is 23.7. The third kappa shape index (κ3) is 1.94. The number of halogens is 1. The Morgan fingerprint density at radius 3 is 2.77 bits per heavy atom. The van der Waals surface area contributed by atoms with Crippen LogP contribution in [-0.2, 0) is 0 Å². The molecule has 0 unspecified atom stereocenters. The molecule has 1 aromatic carbocycles. The van der Waals surface area contributed by atoms with Crippen LogP contribution in [0.3, 0.4) is 0 Å². The highest BCUT2D eigenvalue weighted by Gasteiger charge is 2.18. The van der Waals surface area contributed by atoms with Gasteiger partial charge in [0.1, 0.15) is 11.4 Å². The minimum atomic E-state index is -0.864. The Morgan fingerprint density at radius 2 is 2.09 bits per heavy atom. The molecule has 0 bridgehead atoms. The van der Waals surface area contributed by atoms with Gasteiger partial charge in [-0.2, -0.15) is 15.0 Å². The number of rotatable bonds is 2. The highest BCUT2D eigenvalue weighted by molar-refractivity contribution is 5.72. The zero-order valence-electron chi connectivity index (χ0n) is 11.2. The smallest absolute Gasteiger partial charge is 0.292 e. The van der Waals surface area contributed by atoms with E-state index in [1.165, 1.54) is 13.2 Å². The predicted octanol–water partition coefficient (Wildman–Crippen LogP) is 0.421. The van der Waals surface area contributed by atoms with Crippen LogP contribution in [0.25, 0.3) is 16.7 Å². The lowest BCUT2D eigenvalue weighted by molar-refractivity contribution is 0.406. The van der Waals surface area contributed by atoms with Crippen LogP contribution in [0.2, 0.25) is 0 Å². The van der Waals surface area contributed by atoms with Crippen LogP contribution in [0.15, 0.2) is 27.8 Å². The first kappa shape index (κ1) is 13.6. The number of nitrogens with one attached hydrogen (secondary N) is 2. The summed E-state index contributed by atoms with van der Waals surface area (Å²) in [6, 6.07) is 5.12. The summed E-state index contributed by atoms with van der Waals surface area (Å²) in [7, 11) is 1.27. The Bertz CT molecular complexity index is 1040. The highest BCUT2D eigenvalue weighted by Crippen LogP contribution is 2.26. The normalized spacial score (nSPS) is 10.6. The van der Waals surface area contributed by atoms with E-state index in [9.17, 15) is 14.0 Å². The Morgan fingerprint density at radius 1 is 1.32 bits per heavy atom. The summed E-state index contributed by atoms with van der Waals surface area (Å²) in [5, 5.41) is 17.5. The first-order valence-electron chi connectivity index (χ1n) is 6.04. The third-order valence-electron chi connectivity index (χ3n) is 3.05. The van der Waals surface area contributed by atoms with Crippen LogP contribution in [-0.4, -0.2) is 27.1 Å². The van der Waals surface area contributed by atoms with E-state index < -0.39 is 16.9 Å². The SMILES string of the molecule is COc1cc(C#N)cc(F)c1-n1nc2c(=O)[nH][nH]c2cc1=O. The number of hydrogen-bond acceptors (Lipinski definition) is 5. The summed E-state index contributed by atoms with van der Waals surface area (Å²) in [5.74, 6) is -0.908. The zero-order chi connectivity index (χ0) is 15.9. The van der Waals surface area contributed by atoms with Gasteiger partial charge in [0.05, 0.1) is 24.3 Å². The fourth-order valence-electron chi connectivity index (χ4n) is 2.06. The van der Waals surface area contributed by atoms with E-state index in [1.807, 2.05) is 0 Å². The van der Waals surface area contributed by atoms with Crippen LogP contribution in [0, 0.1) is 17.1 Å². The quantitative estimate of drug-likeness (QED) is 0.711. The summed E-state index contributed by atoms with van der Waals surface area (Å²) >= 11 is 0. The fourth-order valence-corrected chi connectivity index (χ4v) is 2.06. The van der Waals surface area contributed by atoms with E-state index in [-0.39, 0.29) is 28.0 Å². The lowest BCUT2D eigenvalue weighted by atomic mass is 10.2. The number of ether oxygens (including phenoxy) is 1. The van der Waals surface area contributed by atoms with Gasteiger partial charge in [0, 0.05) is 12.1 Å². The van der Waals surface area contributed by atoms with E-state index in [4.69, 9.17) is 10.00 Å². The van der Waals surface area contributed by atoms with E-state index in [0.29, 0.717) is 0 Å². The van der Waals surface area contributed by atoms with Crippen molar-refractivity contribution >= 4 is 11.0 Å². The van der Waals surface area contributed by atoms with Crippen LogP contribution < -0.4 is 15.9 Å². The second kappa shape index (κ2) is 4.85. The maximum Gasteiger partial charge on any atom is 0.292 e. The van der Waals surface area contributed by atoms with Gasteiger partial charge in [-0.25, -0.2) is 4.39 Å². The molecule has 0 amide bonds. The fraction of sp³-hybridized carbons (Fsp3) is 0.0769. The topological polar surface area (TPSA) is 117 Å². The maximum atomic E-state index is 14.3. The molecular weight excluding hydrogens is 293 g/mol.